The van der Waals surface area contributed by atoms with E-state index in [9.17, 15) is 4.79 Å². The Labute approximate surface area is 117 Å². The summed E-state index contributed by atoms with van der Waals surface area (Å²) in [6, 6.07) is 19.3. The molecule has 0 aliphatic carbocycles. The van der Waals surface area contributed by atoms with E-state index >= 15 is 0 Å². The molecule has 0 unspecified atom stereocenters. The number of amides is 1. The second kappa shape index (κ2) is 6.81. The number of hydrogen-bond donors (Lipinski definition) is 1. The third kappa shape index (κ3) is 4.00. The number of para-hydroxylation sites is 1. The predicted molar refractivity (Wildman–Crippen MR) is 81.1 cm³/mol. The Hall–Kier alpha value is -2.00. The molecule has 2 rings (SSSR count). The molecule has 0 atom stereocenters. The molecule has 0 heterocycles. The van der Waals surface area contributed by atoms with Crippen LogP contribution in [-0.2, 0) is 4.79 Å². The van der Waals surface area contributed by atoms with Gasteiger partial charge in [-0.3, -0.25) is 4.79 Å². The average Bonchev–Trinajstić information content (AvgIpc) is 2.47. The molecule has 0 bridgehead atoms. The van der Waals surface area contributed by atoms with Crippen molar-refractivity contribution in [2.45, 2.75) is 11.8 Å². The quantitative estimate of drug-likeness (QED) is 0.661. The van der Waals surface area contributed by atoms with Gasteiger partial charge in [-0.05, 0) is 31.2 Å². The normalized spacial score (nSPS) is 11.1. The lowest BCUT2D eigenvalue weighted by Crippen LogP contribution is -2.12. The maximum atomic E-state index is 12.1. The zero-order valence-electron chi connectivity index (χ0n) is 10.7. The van der Waals surface area contributed by atoms with Crippen molar-refractivity contribution in [1.29, 1.82) is 0 Å². The highest BCUT2D eigenvalue weighted by atomic mass is 32.2. The molecule has 0 radical (unpaired) electrons. The van der Waals surface area contributed by atoms with Gasteiger partial charge in [0.2, 0.25) is 0 Å². The van der Waals surface area contributed by atoms with Crippen molar-refractivity contribution in [3.63, 3.8) is 0 Å². The standard InChI is InChI=1S/C16H15NOS/c1-2-15(19-14-11-7-4-8-12-14)16(18)17-13-9-5-3-6-10-13/h2-12H,1H3,(H,17,18)/b15-2-. The van der Waals surface area contributed by atoms with Gasteiger partial charge >= 0.3 is 0 Å². The fourth-order valence-electron chi connectivity index (χ4n) is 1.57. The number of hydrogen-bond acceptors (Lipinski definition) is 2. The summed E-state index contributed by atoms with van der Waals surface area (Å²) in [7, 11) is 0. The van der Waals surface area contributed by atoms with Gasteiger partial charge in [-0.25, -0.2) is 0 Å². The van der Waals surface area contributed by atoms with Crippen LogP contribution in [0.4, 0.5) is 5.69 Å². The second-order valence-electron chi connectivity index (χ2n) is 3.89. The summed E-state index contributed by atoms with van der Waals surface area (Å²) in [5.41, 5.74) is 0.806. The van der Waals surface area contributed by atoms with E-state index in [1.54, 1.807) is 0 Å². The summed E-state index contributed by atoms with van der Waals surface area (Å²) < 4.78 is 0. The first-order chi connectivity index (χ1) is 9.29. The molecule has 0 saturated heterocycles. The Kier molecular flexibility index (Phi) is 4.81. The van der Waals surface area contributed by atoms with Gasteiger partial charge in [0.05, 0.1) is 4.91 Å². The van der Waals surface area contributed by atoms with Gasteiger partial charge < -0.3 is 5.32 Å². The molecule has 0 aromatic heterocycles. The van der Waals surface area contributed by atoms with E-state index in [2.05, 4.69) is 5.32 Å². The third-order valence-electron chi connectivity index (χ3n) is 2.49. The molecular weight excluding hydrogens is 254 g/mol. The lowest BCUT2D eigenvalue weighted by atomic mass is 10.3. The molecule has 1 N–H and O–H groups in total. The lowest BCUT2D eigenvalue weighted by Gasteiger charge is -2.08. The van der Waals surface area contributed by atoms with Crippen molar-refractivity contribution in [2.75, 3.05) is 5.32 Å². The lowest BCUT2D eigenvalue weighted by molar-refractivity contribution is -0.112. The van der Waals surface area contributed by atoms with E-state index in [0.717, 1.165) is 10.6 Å². The number of thioether (sulfide) groups is 1. The van der Waals surface area contributed by atoms with Crippen LogP contribution in [0.5, 0.6) is 0 Å². The van der Waals surface area contributed by atoms with Crippen LogP contribution in [0.25, 0.3) is 0 Å². The Balaban J connectivity index is 2.04. The molecule has 1 amide bonds. The number of benzene rings is 2. The summed E-state index contributed by atoms with van der Waals surface area (Å²) >= 11 is 1.47. The fourth-order valence-corrected chi connectivity index (χ4v) is 2.37. The molecule has 2 aromatic rings. The first kappa shape index (κ1) is 13.4. The average molecular weight is 269 g/mol. The first-order valence-electron chi connectivity index (χ1n) is 6.05. The van der Waals surface area contributed by atoms with Gasteiger partial charge in [0.25, 0.3) is 5.91 Å². The van der Waals surface area contributed by atoms with Crippen molar-refractivity contribution >= 4 is 23.4 Å². The summed E-state index contributed by atoms with van der Waals surface area (Å²) in [4.78, 5) is 13.9. The van der Waals surface area contributed by atoms with Crippen LogP contribution >= 0.6 is 11.8 Å². The molecule has 3 heteroatoms. The molecule has 96 valence electrons. The molecule has 0 aliphatic heterocycles. The molecule has 0 fully saturated rings. The maximum absolute atomic E-state index is 12.1. The summed E-state index contributed by atoms with van der Waals surface area (Å²) in [6.45, 7) is 1.87. The van der Waals surface area contributed by atoms with Crippen LogP contribution in [0, 0.1) is 0 Å². The van der Waals surface area contributed by atoms with Gasteiger partial charge in [0.15, 0.2) is 0 Å². The van der Waals surface area contributed by atoms with Crippen LogP contribution in [0.3, 0.4) is 0 Å². The zero-order chi connectivity index (χ0) is 13.5. The third-order valence-corrected chi connectivity index (χ3v) is 3.64. The van der Waals surface area contributed by atoms with Gasteiger partial charge in [-0.2, -0.15) is 0 Å². The Bertz CT molecular complexity index is 564. The molecule has 0 aliphatic rings. The molecule has 2 aromatic carbocycles. The van der Waals surface area contributed by atoms with Crippen LogP contribution < -0.4 is 5.32 Å². The highest BCUT2D eigenvalue weighted by Crippen LogP contribution is 2.27. The minimum Gasteiger partial charge on any atom is -0.322 e. The SMILES string of the molecule is C/C=C(\Sc1ccccc1)C(=O)Nc1ccccc1. The van der Waals surface area contributed by atoms with E-state index in [1.165, 1.54) is 11.8 Å². The van der Waals surface area contributed by atoms with E-state index in [1.807, 2.05) is 73.7 Å². The van der Waals surface area contributed by atoms with E-state index < -0.39 is 0 Å². The Morgan fingerprint density at radius 3 is 2.16 bits per heavy atom. The van der Waals surface area contributed by atoms with Crippen molar-refractivity contribution in [3.8, 4) is 0 Å². The van der Waals surface area contributed by atoms with Gasteiger partial charge in [-0.15, -0.1) is 0 Å². The molecule has 0 spiro atoms. The van der Waals surface area contributed by atoms with Crippen LogP contribution in [-0.4, -0.2) is 5.91 Å². The Morgan fingerprint density at radius 2 is 1.58 bits per heavy atom. The van der Waals surface area contributed by atoms with Crippen LogP contribution in [0.15, 0.2) is 76.5 Å². The molecular formula is C16H15NOS. The summed E-state index contributed by atoms with van der Waals surface area (Å²) in [5, 5.41) is 2.89. The van der Waals surface area contributed by atoms with Crippen molar-refractivity contribution in [3.05, 3.63) is 71.6 Å². The van der Waals surface area contributed by atoms with Gasteiger partial charge in [0, 0.05) is 10.6 Å². The Morgan fingerprint density at radius 1 is 1.00 bits per heavy atom. The van der Waals surface area contributed by atoms with Gasteiger partial charge in [-0.1, -0.05) is 54.2 Å². The highest BCUT2D eigenvalue weighted by molar-refractivity contribution is 8.04. The van der Waals surface area contributed by atoms with Crippen LogP contribution in [0.2, 0.25) is 0 Å². The fraction of sp³-hybridized carbons (Fsp3) is 0.0625. The van der Waals surface area contributed by atoms with E-state index in [-0.39, 0.29) is 5.91 Å². The largest absolute Gasteiger partial charge is 0.322 e. The van der Waals surface area contributed by atoms with E-state index in [4.69, 9.17) is 0 Å². The summed E-state index contributed by atoms with van der Waals surface area (Å²) in [5.74, 6) is -0.0810. The minimum atomic E-state index is -0.0810. The highest BCUT2D eigenvalue weighted by Gasteiger charge is 2.10. The van der Waals surface area contributed by atoms with Gasteiger partial charge in [0.1, 0.15) is 0 Å². The second-order valence-corrected chi connectivity index (χ2v) is 5.00. The number of nitrogens with one attached hydrogen (secondary N) is 1. The number of rotatable bonds is 4. The number of carbonyl (C=O) groups is 1. The topological polar surface area (TPSA) is 29.1 Å². The maximum Gasteiger partial charge on any atom is 0.262 e. The number of allylic oxidation sites excluding steroid dienone is 1. The van der Waals surface area contributed by atoms with Crippen LogP contribution in [0.1, 0.15) is 6.92 Å². The monoisotopic (exact) mass is 269 g/mol. The molecule has 0 saturated carbocycles. The van der Waals surface area contributed by atoms with E-state index in [0.29, 0.717) is 4.91 Å². The van der Waals surface area contributed by atoms with Crippen molar-refractivity contribution < 1.29 is 4.79 Å². The summed E-state index contributed by atoms with van der Waals surface area (Å²) in [6.07, 6.45) is 1.83. The number of carbonyl (C=O) groups excluding carboxylic acids is 1. The minimum absolute atomic E-state index is 0.0810. The zero-order valence-corrected chi connectivity index (χ0v) is 11.5. The smallest absolute Gasteiger partial charge is 0.262 e. The van der Waals surface area contributed by atoms with Crippen molar-refractivity contribution in [1.82, 2.24) is 0 Å². The number of anilines is 1. The van der Waals surface area contributed by atoms with Crippen molar-refractivity contribution in [2.24, 2.45) is 0 Å². The molecule has 2 nitrogen and oxygen atoms in total. The molecule has 19 heavy (non-hydrogen) atoms. The predicted octanol–water partition coefficient (Wildman–Crippen LogP) is 4.32. The first-order valence-corrected chi connectivity index (χ1v) is 6.87.